The molecule has 2 aromatic heterocycles. The largest absolute Gasteiger partial charge is 0.465 e. The summed E-state index contributed by atoms with van der Waals surface area (Å²) in [6, 6.07) is 16.6. The van der Waals surface area contributed by atoms with Crippen LogP contribution in [0.25, 0.3) is 16.3 Å². The van der Waals surface area contributed by atoms with Gasteiger partial charge in [-0.25, -0.2) is 9.59 Å². The maximum atomic E-state index is 13.3. The van der Waals surface area contributed by atoms with Gasteiger partial charge in [-0.15, -0.1) is 11.3 Å². The topological polar surface area (TPSA) is 101 Å². The lowest BCUT2D eigenvalue weighted by atomic mass is 9.92. The summed E-state index contributed by atoms with van der Waals surface area (Å²) in [6.45, 7) is 6.62. The molecule has 0 unspecified atom stereocenters. The Morgan fingerprint density at radius 3 is 2.42 bits per heavy atom. The highest BCUT2D eigenvalue weighted by atomic mass is 32.1. The Bertz CT molecular complexity index is 1640. The van der Waals surface area contributed by atoms with Crippen molar-refractivity contribution < 1.29 is 19.1 Å². The molecule has 204 valence electrons. The van der Waals surface area contributed by atoms with Crippen molar-refractivity contribution in [2.75, 3.05) is 29.2 Å². The average molecular weight is 555 g/mol. The molecule has 0 aliphatic carbocycles. The van der Waals surface area contributed by atoms with Gasteiger partial charge in [0.05, 0.1) is 18.5 Å². The second kappa shape index (κ2) is 10.9. The number of nitrogens with zero attached hydrogens (tertiary/aromatic N) is 2. The second-order valence-corrected chi connectivity index (χ2v) is 11.6. The van der Waals surface area contributed by atoms with E-state index in [1.54, 1.807) is 23.4 Å². The lowest BCUT2D eigenvalue weighted by Gasteiger charge is -2.28. The van der Waals surface area contributed by atoms with Crippen LogP contribution in [0.3, 0.4) is 0 Å². The lowest BCUT2D eigenvalue weighted by Crippen LogP contribution is -2.33. The Morgan fingerprint density at radius 2 is 1.73 bits per heavy atom. The Morgan fingerprint density at radius 1 is 1.00 bits per heavy atom. The van der Waals surface area contributed by atoms with Crippen LogP contribution in [-0.2, 0) is 14.9 Å². The van der Waals surface area contributed by atoms with Crippen LogP contribution in [0.15, 0.2) is 73.1 Å². The molecule has 40 heavy (non-hydrogen) atoms. The molecular formula is C31H30N4O4S. The Balaban J connectivity index is 1.48. The van der Waals surface area contributed by atoms with Crippen molar-refractivity contribution in [2.24, 2.45) is 0 Å². The van der Waals surface area contributed by atoms with Gasteiger partial charge in [0.2, 0.25) is 0 Å². The molecule has 1 aliphatic rings. The minimum Gasteiger partial charge on any atom is -0.465 e. The van der Waals surface area contributed by atoms with Crippen LogP contribution in [0.1, 0.15) is 47.3 Å². The molecule has 3 heterocycles. The number of hydrogen-bond acceptors (Lipinski definition) is 6. The maximum Gasteiger partial charge on any atom is 0.350 e. The normalized spacial score (nSPS) is 13.7. The molecule has 0 bridgehead atoms. The number of hydrogen-bond donors (Lipinski definition) is 2. The van der Waals surface area contributed by atoms with E-state index in [1.807, 2.05) is 75.4 Å². The number of benzene rings is 2. The number of pyridine rings is 1. The number of thiophene rings is 1. The molecule has 8 nitrogen and oxygen atoms in total. The number of carbonyl (C=O) groups excluding carboxylic acids is 3. The number of carbonyl (C=O) groups is 3. The van der Waals surface area contributed by atoms with Gasteiger partial charge in [-0.1, -0.05) is 51.1 Å². The van der Waals surface area contributed by atoms with E-state index in [0.717, 1.165) is 32.5 Å². The van der Waals surface area contributed by atoms with Crippen molar-refractivity contribution in [1.82, 2.24) is 4.98 Å². The molecule has 3 amide bonds. The average Bonchev–Trinajstić information content (AvgIpc) is 3.37. The van der Waals surface area contributed by atoms with Crippen molar-refractivity contribution in [2.45, 2.75) is 32.6 Å². The van der Waals surface area contributed by atoms with Crippen LogP contribution in [0.4, 0.5) is 21.9 Å². The molecular weight excluding hydrogens is 524 g/mol. The van der Waals surface area contributed by atoms with Crippen LogP contribution in [0, 0.1) is 0 Å². The fourth-order valence-corrected chi connectivity index (χ4v) is 5.80. The molecule has 4 aromatic rings. The summed E-state index contributed by atoms with van der Waals surface area (Å²) >= 11 is 1.30. The first-order valence-corrected chi connectivity index (χ1v) is 13.7. The number of nitrogens with one attached hydrogen (secondary N) is 2. The summed E-state index contributed by atoms with van der Waals surface area (Å²) < 4.78 is 4.95. The van der Waals surface area contributed by atoms with Crippen molar-refractivity contribution in [3.63, 3.8) is 0 Å². The van der Waals surface area contributed by atoms with Gasteiger partial charge in [0, 0.05) is 41.1 Å². The van der Waals surface area contributed by atoms with Gasteiger partial charge in [-0.2, -0.15) is 0 Å². The van der Waals surface area contributed by atoms with E-state index >= 15 is 0 Å². The second-order valence-electron chi connectivity index (χ2n) is 10.5. The SMILES string of the molecule is COC(=O)c1sc(C(C)(C)C)cc1NC(=O)Nc1ccc2ccccc2c1C1=CC(=O)N(c2ccncc2)CC1. The predicted octanol–water partition coefficient (Wildman–Crippen LogP) is 6.84. The molecule has 1 aliphatic heterocycles. The molecule has 2 aromatic carbocycles. The van der Waals surface area contributed by atoms with Crippen molar-refractivity contribution in [3.05, 3.63) is 88.4 Å². The zero-order chi connectivity index (χ0) is 28.4. The minimum atomic E-state index is -0.508. The number of amides is 3. The molecule has 0 radical (unpaired) electrons. The molecule has 0 saturated carbocycles. The fraction of sp³-hybridized carbons (Fsp3) is 0.226. The molecule has 0 saturated heterocycles. The maximum absolute atomic E-state index is 13.3. The molecule has 0 spiro atoms. The van der Waals surface area contributed by atoms with Crippen LogP contribution in [-0.4, -0.2) is 36.5 Å². The number of aromatic nitrogens is 1. The van der Waals surface area contributed by atoms with Gasteiger partial charge in [-0.3, -0.25) is 9.78 Å². The summed E-state index contributed by atoms with van der Waals surface area (Å²) in [5.41, 5.74) is 3.17. The van der Waals surface area contributed by atoms with Crippen molar-refractivity contribution in [1.29, 1.82) is 0 Å². The first-order chi connectivity index (χ1) is 19.2. The third-order valence-corrected chi connectivity index (χ3v) is 8.27. The fourth-order valence-electron chi connectivity index (χ4n) is 4.71. The molecule has 0 fully saturated rings. The first-order valence-electron chi connectivity index (χ1n) is 12.9. The summed E-state index contributed by atoms with van der Waals surface area (Å²) in [6.07, 6.45) is 5.57. The van der Waals surface area contributed by atoms with Crippen LogP contribution in [0.5, 0.6) is 0 Å². The van der Waals surface area contributed by atoms with Gasteiger partial charge >= 0.3 is 12.0 Å². The number of anilines is 3. The molecule has 2 N–H and O–H groups in total. The number of esters is 1. The van der Waals surface area contributed by atoms with Gasteiger partial charge in [0.25, 0.3) is 5.91 Å². The quantitative estimate of drug-likeness (QED) is 0.263. The summed E-state index contributed by atoms with van der Waals surface area (Å²) in [7, 11) is 1.32. The van der Waals surface area contributed by atoms with Crippen LogP contribution < -0.4 is 15.5 Å². The zero-order valence-corrected chi connectivity index (χ0v) is 23.6. The highest BCUT2D eigenvalue weighted by Gasteiger charge is 2.26. The number of urea groups is 1. The number of fused-ring (bicyclic) bond motifs is 1. The van der Waals surface area contributed by atoms with Crippen molar-refractivity contribution >= 4 is 62.7 Å². The predicted molar refractivity (Wildman–Crippen MR) is 160 cm³/mol. The lowest BCUT2D eigenvalue weighted by molar-refractivity contribution is -0.114. The van der Waals surface area contributed by atoms with Gasteiger partial charge in [0.1, 0.15) is 4.88 Å². The van der Waals surface area contributed by atoms with E-state index in [9.17, 15) is 14.4 Å². The summed E-state index contributed by atoms with van der Waals surface area (Å²) in [4.78, 5) is 46.0. The summed E-state index contributed by atoms with van der Waals surface area (Å²) in [5.74, 6) is -0.640. The number of ether oxygens (including phenoxy) is 1. The Kier molecular flexibility index (Phi) is 7.40. The van der Waals surface area contributed by atoms with Crippen LogP contribution >= 0.6 is 11.3 Å². The third-order valence-electron chi connectivity index (χ3n) is 6.73. The Labute approximate surface area is 236 Å². The van der Waals surface area contributed by atoms with E-state index in [2.05, 4.69) is 15.6 Å². The van der Waals surface area contributed by atoms with Gasteiger partial charge in [0.15, 0.2) is 0 Å². The highest BCUT2D eigenvalue weighted by molar-refractivity contribution is 7.14. The molecule has 5 rings (SSSR count). The van der Waals surface area contributed by atoms with E-state index in [-0.39, 0.29) is 11.3 Å². The third kappa shape index (κ3) is 5.46. The smallest absolute Gasteiger partial charge is 0.350 e. The van der Waals surface area contributed by atoms with Gasteiger partial charge in [-0.05, 0) is 52.4 Å². The van der Waals surface area contributed by atoms with E-state index in [4.69, 9.17) is 4.74 Å². The molecule has 0 atom stereocenters. The molecule has 9 heteroatoms. The first kappa shape index (κ1) is 27.1. The van der Waals surface area contributed by atoms with E-state index < -0.39 is 12.0 Å². The zero-order valence-electron chi connectivity index (χ0n) is 22.8. The number of rotatable bonds is 5. The monoisotopic (exact) mass is 554 g/mol. The van der Waals surface area contributed by atoms with E-state index in [1.165, 1.54) is 18.4 Å². The standard InChI is InChI=1S/C31H30N4O4S/c1-31(2,3)25-18-24(28(40-25)29(37)39-4)34-30(38)33-23-10-9-19-7-5-6-8-22(19)27(23)20-13-16-35(26(36)17-20)21-11-14-32-15-12-21/h5-12,14-15,17-18H,13,16H2,1-4H3,(H2,33,34,38). The highest BCUT2D eigenvalue weighted by Crippen LogP contribution is 2.38. The Hall–Kier alpha value is -4.50. The number of methoxy groups -OCH3 is 1. The van der Waals surface area contributed by atoms with E-state index in [0.29, 0.717) is 29.2 Å². The van der Waals surface area contributed by atoms with Crippen molar-refractivity contribution in [3.8, 4) is 0 Å². The van der Waals surface area contributed by atoms with Crippen LogP contribution in [0.2, 0.25) is 0 Å². The van der Waals surface area contributed by atoms with Gasteiger partial charge < -0.3 is 20.3 Å². The minimum absolute atomic E-state index is 0.133. The summed E-state index contributed by atoms with van der Waals surface area (Å²) in [5, 5.41) is 7.73.